The molecule has 1 fully saturated rings. The van der Waals surface area contributed by atoms with Crippen LogP contribution in [0.2, 0.25) is 10.0 Å². The number of nitrogens with two attached hydrogens (primary N) is 1. The van der Waals surface area contributed by atoms with E-state index in [0.29, 0.717) is 39.3 Å². The molecule has 0 saturated carbocycles. The number of hydrogen-bond donors (Lipinski definition) is 2. The maximum absolute atomic E-state index is 13.3. The number of carbonyl (C=O) groups excluding carboxylic acids is 1. The van der Waals surface area contributed by atoms with Crippen molar-refractivity contribution in [3.63, 3.8) is 0 Å². The Bertz CT molecular complexity index is 1530. The Balaban J connectivity index is 1.30. The number of hydrazone groups is 1. The molecule has 1 amide bonds. The summed E-state index contributed by atoms with van der Waals surface area (Å²) in [5.74, 6) is 0.522. The number of nitrogens with zero attached hydrogens (tertiary/aromatic N) is 7. The highest BCUT2D eigenvalue weighted by atomic mass is 35.5. The Kier molecular flexibility index (Phi) is 8.43. The average Bonchev–Trinajstić information content (AvgIpc) is 3.70. The van der Waals surface area contributed by atoms with Gasteiger partial charge in [-0.15, -0.1) is 5.10 Å². The Morgan fingerprint density at radius 1 is 1.20 bits per heavy atom. The van der Waals surface area contributed by atoms with E-state index < -0.39 is 5.91 Å². The molecule has 1 aliphatic rings. The predicted octanol–water partition coefficient (Wildman–Crippen LogP) is 3.49. The molecule has 3 heterocycles. The van der Waals surface area contributed by atoms with Crippen molar-refractivity contribution in [3.05, 3.63) is 69.0 Å². The Morgan fingerprint density at radius 3 is 2.75 bits per heavy atom. The van der Waals surface area contributed by atoms with Crippen LogP contribution in [0.25, 0.3) is 5.82 Å². The van der Waals surface area contributed by atoms with Gasteiger partial charge in [0.05, 0.1) is 13.3 Å². The van der Waals surface area contributed by atoms with Gasteiger partial charge in [0.15, 0.2) is 5.69 Å². The summed E-state index contributed by atoms with van der Waals surface area (Å²) < 4.78 is 17.2. The number of nitrogens with one attached hydrogen (secondary N) is 1. The third-order valence-corrected chi connectivity index (χ3v) is 6.79. The number of likely N-dealkylation sites (tertiary alicyclic amines) is 1. The molecule has 0 bridgehead atoms. The van der Waals surface area contributed by atoms with Gasteiger partial charge in [-0.2, -0.15) is 9.78 Å². The Morgan fingerprint density at radius 2 is 2.02 bits per heavy atom. The molecular weight excluding hydrogens is 561 g/mol. The fourth-order valence-electron chi connectivity index (χ4n) is 4.19. The summed E-state index contributed by atoms with van der Waals surface area (Å²) in [6, 6.07) is 10.4. The molecule has 5 rings (SSSR count). The van der Waals surface area contributed by atoms with Gasteiger partial charge in [-0.3, -0.25) is 9.69 Å². The number of anilines is 1. The monoisotopic (exact) mass is 585 g/mol. The summed E-state index contributed by atoms with van der Waals surface area (Å²) >= 11 is 12.2. The van der Waals surface area contributed by atoms with E-state index >= 15 is 0 Å². The second-order valence-electron chi connectivity index (χ2n) is 8.88. The highest BCUT2D eigenvalue weighted by molar-refractivity contribution is 6.35. The smallest absolute Gasteiger partial charge is 0.292 e. The number of aromatic nitrogens is 5. The van der Waals surface area contributed by atoms with E-state index in [9.17, 15) is 4.79 Å². The predicted molar refractivity (Wildman–Crippen MR) is 147 cm³/mol. The van der Waals surface area contributed by atoms with Crippen LogP contribution in [0.5, 0.6) is 11.5 Å². The molecule has 3 N–H and O–H groups in total. The molecule has 0 unspecified atom stereocenters. The Labute approximate surface area is 238 Å². The second-order valence-corrected chi connectivity index (χ2v) is 9.72. The van der Waals surface area contributed by atoms with Crippen molar-refractivity contribution in [3.8, 4) is 17.3 Å². The fourth-order valence-corrected chi connectivity index (χ4v) is 4.65. The molecular formula is C25H25Cl2N9O4. The number of methoxy groups -OCH3 is 1. The summed E-state index contributed by atoms with van der Waals surface area (Å²) in [6.45, 7) is 2.50. The first-order valence-electron chi connectivity index (χ1n) is 12.3. The van der Waals surface area contributed by atoms with Crippen molar-refractivity contribution in [2.45, 2.75) is 26.0 Å². The van der Waals surface area contributed by atoms with Crippen LogP contribution in [-0.2, 0) is 13.2 Å². The lowest BCUT2D eigenvalue weighted by atomic mass is 10.2. The summed E-state index contributed by atoms with van der Waals surface area (Å²) in [6.07, 6.45) is 3.62. The third-order valence-electron chi connectivity index (χ3n) is 6.21. The molecule has 208 valence electrons. The van der Waals surface area contributed by atoms with Gasteiger partial charge in [0.1, 0.15) is 23.8 Å². The molecule has 1 saturated heterocycles. The quantitative estimate of drug-likeness (QED) is 0.208. The van der Waals surface area contributed by atoms with Gasteiger partial charge in [0.2, 0.25) is 11.6 Å². The number of benzene rings is 2. The van der Waals surface area contributed by atoms with Crippen molar-refractivity contribution in [2.75, 3.05) is 25.9 Å². The van der Waals surface area contributed by atoms with Crippen LogP contribution >= 0.6 is 23.2 Å². The van der Waals surface area contributed by atoms with Crippen molar-refractivity contribution in [2.24, 2.45) is 5.10 Å². The first-order valence-corrected chi connectivity index (χ1v) is 13.0. The van der Waals surface area contributed by atoms with Crippen LogP contribution in [0.3, 0.4) is 0 Å². The standard InChI is InChI=1S/C25H25Cl2N9O4/c1-38-21-11-18(39-14-16-4-6-17(26)10-19(16)27)7-5-15(21)12-29-31-25(37)22-20(13-35-8-2-3-9-35)30-34-36(22)24-23(28)32-40-33-24/h4-7,10-12H,2-3,8-9,13-14H2,1H3,(H2,28,32)(H,31,37). The molecule has 15 heteroatoms. The molecule has 13 nitrogen and oxygen atoms in total. The molecule has 0 spiro atoms. The van der Waals surface area contributed by atoms with Crippen LogP contribution in [-0.4, -0.2) is 62.5 Å². The van der Waals surface area contributed by atoms with E-state index in [-0.39, 0.29) is 23.9 Å². The summed E-state index contributed by atoms with van der Waals surface area (Å²) in [5, 5.41) is 20.8. The maximum atomic E-state index is 13.3. The number of ether oxygens (including phenoxy) is 2. The summed E-state index contributed by atoms with van der Waals surface area (Å²) in [7, 11) is 1.52. The second kappa shape index (κ2) is 12.3. The largest absolute Gasteiger partial charge is 0.496 e. The van der Waals surface area contributed by atoms with E-state index in [1.165, 1.54) is 18.0 Å². The van der Waals surface area contributed by atoms with Gasteiger partial charge in [-0.25, -0.2) is 10.1 Å². The SMILES string of the molecule is COc1cc(OCc2ccc(Cl)cc2Cl)ccc1C=NNC(=O)c1c(CN2CCCC2)nnn1-c1nonc1N. The van der Waals surface area contributed by atoms with E-state index in [1.807, 2.05) is 0 Å². The lowest BCUT2D eigenvalue weighted by Crippen LogP contribution is -2.26. The molecule has 40 heavy (non-hydrogen) atoms. The number of halogens is 2. The number of carbonyl (C=O) groups is 1. The van der Waals surface area contributed by atoms with Crippen LogP contribution in [0.4, 0.5) is 5.82 Å². The maximum Gasteiger partial charge on any atom is 0.292 e. The van der Waals surface area contributed by atoms with Crippen molar-refractivity contribution in [1.29, 1.82) is 0 Å². The zero-order valence-corrected chi connectivity index (χ0v) is 22.9. The lowest BCUT2D eigenvalue weighted by molar-refractivity contribution is 0.0945. The van der Waals surface area contributed by atoms with Crippen LogP contribution < -0.4 is 20.6 Å². The summed E-state index contributed by atoms with van der Waals surface area (Å²) in [4.78, 5) is 15.4. The normalized spacial score (nSPS) is 13.7. The number of rotatable bonds is 10. The van der Waals surface area contributed by atoms with Gasteiger partial charge in [-0.1, -0.05) is 34.5 Å². The molecule has 2 aromatic heterocycles. The van der Waals surface area contributed by atoms with Crippen molar-refractivity contribution < 1.29 is 18.9 Å². The van der Waals surface area contributed by atoms with E-state index in [0.717, 1.165) is 31.5 Å². The minimum absolute atomic E-state index is 0.0273. The highest BCUT2D eigenvalue weighted by Crippen LogP contribution is 2.26. The number of hydrogen-bond acceptors (Lipinski definition) is 11. The van der Waals surface area contributed by atoms with E-state index in [2.05, 4.69) is 40.7 Å². The highest BCUT2D eigenvalue weighted by Gasteiger charge is 2.27. The number of nitrogen functional groups attached to an aromatic ring is 1. The minimum atomic E-state index is -0.559. The van der Waals surface area contributed by atoms with Gasteiger partial charge in [0, 0.05) is 33.8 Å². The van der Waals surface area contributed by atoms with Crippen molar-refractivity contribution in [1.82, 2.24) is 35.6 Å². The van der Waals surface area contributed by atoms with E-state index in [4.69, 9.17) is 38.4 Å². The molecule has 0 radical (unpaired) electrons. The Hall–Kier alpha value is -4.20. The summed E-state index contributed by atoms with van der Waals surface area (Å²) in [5.41, 5.74) is 10.3. The molecule has 4 aromatic rings. The van der Waals surface area contributed by atoms with Crippen LogP contribution in [0.15, 0.2) is 46.1 Å². The first kappa shape index (κ1) is 27.4. The zero-order valence-electron chi connectivity index (χ0n) is 21.4. The third kappa shape index (κ3) is 6.17. The van der Waals surface area contributed by atoms with Gasteiger partial charge in [-0.05, 0) is 60.5 Å². The first-order chi connectivity index (χ1) is 19.4. The molecule has 1 aliphatic heterocycles. The fraction of sp³-hybridized carbons (Fsp3) is 0.280. The minimum Gasteiger partial charge on any atom is -0.496 e. The molecule has 2 aromatic carbocycles. The molecule has 0 aliphatic carbocycles. The number of amides is 1. The van der Waals surface area contributed by atoms with Gasteiger partial charge < -0.3 is 15.2 Å². The van der Waals surface area contributed by atoms with Gasteiger partial charge in [0.25, 0.3) is 5.91 Å². The zero-order chi connectivity index (χ0) is 28.1. The molecule has 0 atom stereocenters. The lowest BCUT2D eigenvalue weighted by Gasteiger charge is -2.13. The van der Waals surface area contributed by atoms with Crippen molar-refractivity contribution >= 4 is 41.1 Å². The van der Waals surface area contributed by atoms with Crippen LogP contribution in [0, 0.1) is 0 Å². The topological polar surface area (TPSA) is 159 Å². The van der Waals surface area contributed by atoms with Gasteiger partial charge >= 0.3 is 0 Å². The van der Waals surface area contributed by atoms with E-state index in [1.54, 1.807) is 36.4 Å². The average molecular weight is 586 g/mol. The van der Waals surface area contributed by atoms with Crippen LogP contribution in [0.1, 0.15) is 40.2 Å².